The summed E-state index contributed by atoms with van der Waals surface area (Å²) in [7, 11) is 0. The lowest BCUT2D eigenvalue weighted by atomic mass is 9.86. The van der Waals surface area contributed by atoms with E-state index in [1.165, 1.54) is 19.3 Å². The number of ether oxygens (including phenoxy) is 1. The lowest BCUT2D eigenvalue weighted by Gasteiger charge is -2.24. The highest BCUT2D eigenvalue weighted by atomic mass is 16.5. The summed E-state index contributed by atoms with van der Waals surface area (Å²) >= 11 is 0. The van der Waals surface area contributed by atoms with Crippen molar-refractivity contribution < 1.29 is 9.53 Å². The zero-order chi connectivity index (χ0) is 11.8. The minimum absolute atomic E-state index is 0.0157. The van der Waals surface area contributed by atoms with Crippen LogP contribution in [-0.4, -0.2) is 25.2 Å². The van der Waals surface area contributed by atoms with E-state index in [9.17, 15) is 4.79 Å². The van der Waals surface area contributed by atoms with Crippen LogP contribution in [0, 0.1) is 5.92 Å². The van der Waals surface area contributed by atoms with E-state index in [1.54, 1.807) is 0 Å². The molecule has 1 aliphatic rings. The zero-order valence-corrected chi connectivity index (χ0v) is 10.6. The predicted molar refractivity (Wildman–Crippen MR) is 65.3 cm³/mol. The van der Waals surface area contributed by atoms with E-state index < -0.39 is 0 Å². The molecule has 16 heavy (non-hydrogen) atoms. The third kappa shape index (κ3) is 4.52. The van der Waals surface area contributed by atoms with Gasteiger partial charge in [0.05, 0.1) is 5.92 Å². The van der Waals surface area contributed by atoms with E-state index in [4.69, 9.17) is 4.74 Å². The quantitative estimate of drug-likeness (QED) is 0.511. The average molecular weight is 227 g/mol. The second kappa shape index (κ2) is 7.66. The summed E-state index contributed by atoms with van der Waals surface area (Å²) in [6.45, 7) is 5.87. The molecule has 0 spiro atoms. The van der Waals surface area contributed by atoms with Crippen molar-refractivity contribution in [1.82, 2.24) is 5.32 Å². The molecule has 1 saturated carbocycles. The number of esters is 1. The van der Waals surface area contributed by atoms with E-state index in [2.05, 4.69) is 19.2 Å². The highest BCUT2D eigenvalue weighted by Gasteiger charge is 2.26. The maximum absolute atomic E-state index is 11.5. The summed E-state index contributed by atoms with van der Waals surface area (Å²) in [6, 6.07) is 0.329. The molecule has 0 aromatic carbocycles. The molecule has 0 heterocycles. The van der Waals surface area contributed by atoms with Crippen molar-refractivity contribution in [3.8, 4) is 0 Å². The van der Waals surface area contributed by atoms with Crippen molar-refractivity contribution in [2.75, 3.05) is 13.2 Å². The van der Waals surface area contributed by atoms with Crippen molar-refractivity contribution in [2.45, 2.75) is 58.4 Å². The molecule has 94 valence electrons. The normalized spacial score (nSPS) is 17.9. The van der Waals surface area contributed by atoms with Gasteiger partial charge in [-0.2, -0.15) is 0 Å². The van der Waals surface area contributed by atoms with E-state index in [1.807, 2.05) is 0 Å². The third-order valence-corrected chi connectivity index (χ3v) is 3.32. The van der Waals surface area contributed by atoms with Gasteiger partial charge in [0.25, 0.3) is 0 Å². The number of unbranched alkanes of at least 4 members (excludes halogenated alkanes) is 1. The number of nitrogens with one attached hydrogen (secondary N) is 1. The highest BCUT2D eigenvalue weighted by molar-refractivity contribution is 5.73. The molecule has 3 heteroatoms. The molecule has 0 aromatic heterocycles. The van der Waals surface area contributed by atoms with Crippen LogP contribution in [0.3, 0.4) is 0 Å². The van der Waals surface area contributed by atoms with Gasteiger partial charge in [0.1, 0.15) is 6.61 Å². The first-order valence-corrected chi connectivity index (χ1v) is 6.68. The van der Waals surface area contributed by atoms with Crippen molar-refractivity contribution in [1.29, 1.82) is 0 Å². The topological polar surface area (TPSA) is 38.3 Å². The molecule has 1 aliphatic carbocycles. The third-order valence-electron chi connectivity index (χ3n) is 3.32. The maximum atomic E-state index is 11.5. The average Bonchev–Trinajstić information content (AvgIpc) is 2.20. The predicted octanol–water partition coefficient (Wildman–Crippen LogP) is 2.50. The van der Waals surface area contributed by atoms with Gasteiger partial charge in [0, 0.05) is 6.04 Å². The van der Waals surface area contributed by atoms with Gasteiger partial charge < -0.3 is 10.1 Å². The second-order valence-corrected chi connectivity index (χ2v) is 4.67. The largest absolute Gasteiger partial charge is 0.464 e. The Morgan fingerprint density at radius 2 is 2.19 bits per heavy atom. The fraction of sp³-hybridized carbons (Fsp3) is 0.923. The molecule has 0 radical (unpaired) electrons. The summed E-state index contributed by atoms with van der Waals surface area (Å²) in [4.78, 5) is 11.5. The van der Waals surface area contributed by atoms with Crippen molar-refractivity contribution in [2.24, 2.45) is 5.92 Å². The Kier molecular flexibility index (Phi) is 6.46. The van der Waals surface area contributed by atoms with Crippen LogP contribution in [0.25, 0.3) is 0 Å². The van der Waals surface area contributed by atoms with E-state index in [0.717, 1.165) is 25.8 Å². The van der Waals surface area contributed by atoms with Gasteiger partial charge in [-0.1, -0.05) is 26.7 Å². The minimum Gasteiger partial charge on any atom is -0.464 e. The van der Waals surface area contributed by atoms with Gasteiger partial charge in [0.15, 0.2) is 0 Å². The van der Waals surface area contributed by atoms with Gasteiger partial charge in [-0.3, -0.25) is 4.79 Å². The summed E-state index contributed by atoms with van der Waals surface area (Å²) in [6.07, 6.45) is 6.64. The lowest BCUT2D eigenvalue weighted by molar-refractivity contribution is -0.152. The lowest BCUT2D eigenvalue weighted by Crippen LogP contribution is -2.36. The first kappa shape index (κ1) is 13.5. The van der Waals surface area contributed by atoms with E-state index >= 15 is 0 Å². The Bertz CT molecular complexity index is 202. The Morgan fingerprint density at radius 1 is 1.44 bits per heavy atom. The summed E-state index contributed by atoms with van der Waals surface area (Å²) in [5.74, 6) is 0.218. The van der Waals surface area contributed by atoms with Crippen molar-refractivity contribution >= 4 is 5.97 Å². The SMILES string of the molecule is CCCCNC(CC)COC(=O)C1CCC1. The van der Waals surface area contributed by atoms with E-state index in [-0.39, 0.29) is 11.9 Å². The molecule has 1 atom stereocenters. The minimum atomic E-state index is 0.0157. The number of hydrogen-bond donors (Lipinski definition) is 1. The standard InChI is InChI=1S/C13H25NO2/c1-3-5-9-14-12(4-2)10-16-13(15)11-7-6-8-11/h11-12,14H,3-10H2,1-2H3. The van der Waals surface area contributed by atoms with Crippen LogP contribution in [-0.2, 0) is 9.53 Å². The van der Waals surface area contributed by atoms with Gasteiger partial charge in [-0.15, -0.1) is 0 Å². The first-order valence-electron chi connectivity index (χ1n) is 6.68. The van der Waals surface area contributed by atoms with Gasteiger partial charge in [0.2, 0.25) is 0 Å². The number of rotatable bonds is 8. The fourth-order valence-electron chi connectivity index (χ4n) is 1.75. The molecule has 1 unspecified atom stereocenters. The fourth-order valence-corrected chi connectivity index (χ4v) is 1.75. The maximum Gasteiger partial charge on any atom is 0.308 e. The van der Waals surface area contributed by atoms with Gasteiger partial charge in [-0.05, 0) is 32.2 Å². The molecule has 0 amide bonds. The number of carbonyl (C=O) groups excluding carboxylic acids is 1. The summed E-state index contributed by atoms with van der Waals surface area (Å²) in [5.41, 5.74) is 0. The van der Waals surface area contributed by atoms with Crippen LogP contribution < -0.4 is 5.32 Å². The molecular weight excluding hydrogens is 202 g/mol. The molecular formula is C13H25NO2. The van der Waals surface area contributed by atoms with Crippen LogP contribution in [0.2, 0.25) is 0 Å². The summed E-state index contributed by atoms with van der Waals surface area (Å²) < 4.78 is 5.33. The molecule has 0 aromatic rings. The zero-order valence-electron chi connectivity index (χ0n) is 10.6. The second-order valence-electron chi connectivity index (χ2n) is 4.67. The Morgan fingerprint density at radius 3 is 2.69 bits per heavy atom. The molecule has 0 bridgehead atoms. The van der Waals surface area contributed by atoms with Crippen LogP contribution in [0.15, 0.2) is 0 Å². The molecule has 1 fully saturated rings. The van der Waals surface area contributed by atoms with Crippen LogP contribution in [0.4, 0.5) is 0 Å². The molecule has 3 nitrogen and oxygen atoms in total. The van der Waals surface area contributed by atoms with Gasteiger partial charge in [-0.25, -0.2) is 0 Å². The van der Waals surface area contributed by atoms with Crippen LogP contribution in [0.1, 0.15) is 52.4 Å². The Hall–Kier alpha value is -0.570. The summed E-state index contributed by atoms with van der Waals surface area (Å²) in [5, 5.41) is 3.42. The van der Waals surface area contributed by atoms with E-state index in [0.29, 0.717) is 12.6 Å². The Labute approximate surface area is 98.9 Å². The molecule has 0 aliphatic heterocycles. The monoisotopic (exact) mass is 227 g/mol. The first-order chi connectivity index (χ1) is 7.77. The number of carbonyl (C=O) groups is 1. The van der Waals surface area contributed by atoms with Crippen LogP contribution in [0.5, 0.6) is 0 Å². The van der Waals surface area contributed by atoms with Crippen LogP contribution >= 0.6 is 0 Å². The number of hydrogen-bond acceptors (Lipinski definition) is 3. The molecule has 0 saturated heterocycles. The molecule has 1 rings (SSSR count). The smallest absolute Gasteiger partial charge is 0.308 e. The highest BCUT2D eigenvalue weighted by Crippen LogP contribution is 2.27. The van der Waals surface area contributed by atoms with Gasteiger partial charge >= 0.3 is 5.97 Å². The van der Waals surface area contributed by atoms with Crippen molar-refractivity contribution in [3.63, 3.8) is 0 Å². The van der Waals surface area contributed by atoms with Crippen molar-refractivity contribution in [3.05, 3.63) is 0 Å². The Balaban J connectivity index is 2.09. The molecule has 1 N–H and O–H groups in total.